The maximum Gasteiger partial charge on any atom is 0.253 e. The molecule has 0 aliphatic carbocycles. The van der Waals surface area contributed by atoms with Gasteiger partial charge in [-0.1, -0.05) is 29.8 Å². The summed E-state index contributed by atoms with van der Waals surface area (Å²) in [5.74, 6) is 1.12. The lowest BCUT2D eigenvalue weighted by Crippen LogP contribution is -2.39. The molecule has 0 radical (unpaired) electrons. The summed E-state index contributed by atoms with van der Waals surface area (Å²) >= 11 is 6.35. The summed E-state index contributed by atoms with van der Waals surface area (Å²) in [4.78, 5) is 30.7. The molecule has 1 N–H and O–H groups in total. The second-order valence-corrected chi connectivity index (χ2v) is 8.40. The standard InChI is InChI=1S/C24H23ClN2O5/c25-18-5-2-1-4-15(18)13-27(24(29)20-6-3-7-30-20)14-17-10-16-11-21-22(32-9-8-31-21)12-19(16)26-23(17)28/h1-2,4-5,10-12,20H,3,6-9,13-14H2,(H,26,28)/t20-/m1/s1. The molecule has 166 valence electrons. The number of ether oxygens (including phenoxy) is 3. The van der Waals surface area contributed by atoms with Gasteiger partial charge in [0.2, 0.25) is 0 Å². The quantitative estimate of drug-likeness (QED) is 0.636. The molecule has 3 aromatic rings. The Labute approximate surface area is 189 Å². The number of carbonyl (C=O) groups is 1. The van der Waals surface area contributed by atoms with E-state index < -0.39 is 6.10 Å². The molecule has 1 amide bonds. The molecule has 7 nitrogen and oxygen atoms in total. The maximum absolute atomic E-state index is 13.2. The van der Waals surface area contributed by atoms with Crippen LogP contribution in [0, 0.1) is 0 Å². The number of rotatable bonds is 5. The summed E-state index contributed by atoms with van der Waals surface area (Å²) in [6, 6.07) is 12.8. The average Bonchev–Trinajstić information content (AvgIpc) is 3.34. The zero-order valence-corrected chi connectivity index (χ0v) is 18.2. The highest BCUT2D eigenvalue weighted by Crippen LogP contribution is 2.34. The van der Waals surface area contributed by atoms with E-state index in [1.54, 1.807) is 23.1 Å². The largest absolute Gasteiger partial charge is 0.486 e. The maximum atomic E-state index is 13.2. The van der Waals surface area contributed by atoms with Crippen molar-refractivity contribution in [3.05, 3.63) is 69.0 Å². The summed E-state index contributed by atoms with van der Waals surface area (Å²) in [7, 11) is 0. The molecule has 0 bridgehead atoms. The molecule has 2 aromatic carbocycles. The molecule has 0 saturated carbocycles. The van der Waals surface area contributed by atoms with E-state index >= 15 is 0 Å². The van der Waals surface area contributed by atoms with Crippen LogP contribution < -0.4 is 15.0 Å². The normalized spacial score (nSPS) is 17.5. The number of fused-ring (bicyclic) bond motifs is 2. The predicted molar refractivity (Wildman–Crippen MR) is 120 cm³/mol. The average molecular weight is 455 g/mol. The molecule has 1 aromatic heterocycles. The van der Waals surface area contributed by atoms with Crippen molar-refractivity contribution in [2.75, 3.05) is 19.8 Å². The Hall–Kier alpha value is -3.03. The summed E-state index contributed by atoms with van der Waals surface area (Å²) in [6.07, 6.45) is 1.03. The predicted octanol–water partition coefficient (Wildman–Crippen LogP) is 3.66. The van der Waals surface area contributed by atoms with Gasteiger partial charge in [-0.3, -0.25) is 9.59 Å². The molecule has 1 fully saturated rings. The molecule has 2 aliphatic rings. The minimum atomic E-state index is -0.491. The lowest BCUT2D eigenvalue weighted by Gasteiger charge is -2.26. The first-order chi connectivity index (χ1) is 15.6. The second kappa shape index (κ2) is 8.84. The second-order valence-electron chi connectivity index (χ2n) is 7.99. The molecular weight excluding hydrogens is 432 g/mol. The van der Waals surface area contributed by atoms with Crippen LogP contribution in [-0.4, -0.2) is 41.7 Å². The van der Waals surface area contributed by atoms with Crippen LogP contribution in [0.25, 0.3) is 10.9 Å². The number of pyridine rings is 1. The highest BCUT2D eigenvalue weighted by Gasteiger charge is 2.29. The number of hydrogen-bond acceptors (Lipinski definition) is 5. The van der Waals surface area contributed by atoms with Crippen LogP contribution in [0.3, 0.4) is 0 Å². The summed E-state index contributed by atoms with van der Waals surface area (Å²) in [6.45, 7) is 1.96. The summed E-state index contributed by atoms with van der Waals surface area (Å²) in [5, 5.41) is 1.39. The van der Waals surface area contributed by atoms with Crippen molar-refractivity contribution in [2.24, 2.45) is 0 Å². The molecular formula is C24H23ClN2O5. The van der Waals surface area contributed by atoms with Gasteiger partial charge in [-0.2, -0.15) is 0 Å². The van der Waals surface area contributed by atoms with Crippen LogP contribution in [0.2, 0.25) is 5.02 Å². The van der Waals surface area contributed by atoms with Gasteiger partial charge in [0, 0.05) is 35.2 Å². The van der Waals surface area contributed by atoms with E-state index in [4.69, 9.17) is 25.8 Å². The fourth-order valence-electron chi connectivity index (χ4n) is 4.13. The van der Waals surface area contributed by atoms with Gasteiger partial charge in [0.15, 0.2) is 11.5 Å². The lowest BCUT2D eigenvalue weighted by atomic mass is 10.1. The summed E-state index contributed by atoms with van der Waals surface area (Å²) in [5.41, 5.74) is 1.70. The molecule has 3 heterocycles. The number of aromatic amines is 1. The molecule has 1 saturated heterocycles. The van der Waals surface area contributed by atoms with E-state index in [0.29, 0.717) is 53.8 Å². The van der Waals surface area contributed by atoms with Gasteiger partial charge in [0.25, 0.3) is 11.5 Å². The third-order valence-electron chi connectivity index (χ3n) is 5.78. The minimum absolute atomic E-state index is 0.135. The Bertz CT molecular complexity index is 1220. The number of nitrogens with one attached hydrogen (secondary N) is 1. The Morgan fingerprint density at radius 1 is 1.03 bits per heavy atom. The van der Waals surface area contributed by atoms with Crippen LogP contribution in [0.5, 0.6) is 11.5 Å². The van der Waals surface area contributed by atoms with E-state index in [1.165, 1.54) is 0 Å². The SMILES string of the molecule is O=C([C@H]1CCCO1)N(Cc1ccccc1Cl)Cc1cc2cc3c(cc2[nH]c1=O)OCCO3. The lowest BCUT2D eigenvalue weighted by molar-refractivity contribution is -0.142. The van der Waals surface area contributed by atoms with Gasteiger partial charge in [-0.25, -0.2) is 0 Å². The van der Waals surface area contributed by atoms with Gasteiger partial charge < -0.3 is 24.1 Å². The van der Waals surface area contributed by atoms with Gasteiger partial charge in [-0.05, 0) is 36.6 Å². The number of nitrogens with zero attached hydrogens (tertiary/aromatic N) is 1. The third kappa shape index (κ3) is 4.18. The van der Waals surface area contributed by atoms with Crippen molar-refractivity contribution >= 4 is 28.4 Å². The van der Waals surface area contributed by atoms with Crippen molar-refractivity contribution in [1.82, 2.24) is 9.88 Å². The van der Waals surface area contributed by atoms with Crippen LogP contribution >= 0.6 is 11.6 Å². The smallest absolute Gasteiger partial charge is 0.253 e. The van der Waals surface area contributed by atoms with Crippen LogP contribution in [0.1, 0.15) is 24.0 Å². The molecule has 0 unspecified atom stereocenters. The van der Waals surface area contributed by atoms with Crippen molar-refractivity contribution in [2.45, 2.75) is 32.0 Å². The Morgan fingerprint density at radius 2 is 1.78 bits per heavy atom. The van der Waals surface area contributed by atoms with Crippen molar-refractivity contribution in [1.29, 1.82) is 0 Å². The fourth-order valence-corrected chi connectivity index (χ4v) is 4.33. The number of H-pyrrole nitrogens is 1. The zero-order valence-electron chi connectivity index (χ0n) is 17.4. The van der Waals surface area contributed by atoms with E-state index in [1.807, 2.05) is 24.3 Å². The molecule has 1 atom stereocenters. The van der Waals surface area contributed by atoms with E-state index in [2.05, 4.69) is 4.98 Å². The number of carbonyl (C=O) groups excluding carboxylic acids is 1. The van der Waals surface area contributed by atoms with Crippen molar-refractivity contribution in [3.8, 4) is 11.5 Å². The van der Waals surface area contributed by atoms with Crippen LogP contribution in [-0.2, 0) is 22.6 Å². The monoisotopic (exact) mass is 454 g/mol. The number of aromatic nitrogens is 1. The van der Waals surface area contributed by atoms with Crippen LogP contribution in [0.15, 0.2) is 47.3 Å². The van der Waals surface area contributed by atoms with E-state index in [-0.39, 0.29) is 24.6 Å². The summed E-state index contributed by atoms with van der Waals surface area (Å²) < 4.78 is 16.9. The van der Waals surface area contributed by atoms with Crippen molar-refractivity contribution < 1.29 is 19.0 Å². The van der Waals surface area contributed by atoms with Crippen LogP contribution in [0.4, 0.5) is 0 Å². The Morgan fingerprint density at radius 3 is 2.53 bits per heavy atom. The number of benzene rings is 2. The molecule has 32 heavy (non-hydrogen) atoms. The van der Waals surface area contributed by atoms with E-state index in [0.717, 1.165) is 17.4 Å². The molecule has 2 aliphatic heterocycles. The van der Waals surface area contributed by atoms with Gasteiger partial charge >= 0.3 is 0 Å². The number of amides is 1. The molecule has 8 heteroatoms. The first-order valence-electron chi connectivity index (χ1n) is 10.7. The first-order valence-corrected chi connectivity index (χ1v) is 11.1. The van der Waals surface area contributed by atoms with E-state index in [9.17, 15) is 9.59 Å². The highest BCUT2D eigenvalue weighted by molar-refractivity contribution is 6.31. The highest BCUT2D eigenvalue weighted by atomic mass is 35.5. The van der Waals surface area contributed by atoms with Gasteiger partial charge in [-0.15, -0.1) is 0 Å². The third-order valence-corrected chi connectivity index (χ3v) is 6.15. The van der Waals surface area contributed by atoms with Gasteiger partial charge in [0.1, 0.15) is 19.3 Å². The topological polar surface area (TPSA) is 80.9 Å². The van der Waals surface area contributed by atoms with Gasteiger partial charge in [0.05, 0.1) is 12.1 Å². The Balaban J connectivity index is 1.49. The molecule has 5 rings (SSSR count). The first kappa shape index (κ1) is 20.8. The Kier molecular flexibility index (Phi) is 5.76. The number of hydrogen-bond donors (Lipinski definition) is 1. The minimum Gasteiger partial charge on any atom is -0.486 e. The number of halogens is 1. The zero-order chi connectivity index (χ0) is 22.1. The van der Waals surface area contributed by atoms with Crippen molar-refractivity contribution in [3.63, 3.8) is 0 Å². The molecule has 0 spiro atoms. The fraction of sp³-hybridized carbons (Fsp3) is 0.333.